The lowest BCUT2D eigenvalue weighted by Crippen LogP contribution is -2.42. The summed E-state index contributed by atoms with van der Waals surface area (Å²) in [4.78, 5) is 12.4. The standard InChI is InChI=1S/C21H24FNO5S/c1-15-7-5-6-12-23(15)29(25,26)20-13-16(10-11-19(20)27-2)21(24)28-14-17-8-3-4-9-18(17)22/h3-4,8-11,13,15H,5-7,12,14H2,1-2H3/t15-/m0/s1. The highest BCUT2D eigenvalue weighted by atomic mass is 32.2. The summed E-state index contributed by atoms with van der Waals surface area (Å²) < 4.78 is 52.0. The quantitative estimate of drug-likeness (QED) is 0.664. The van der Waals surface area contributed by atoms with Gasteiger partial charge in [-0.3, -0.25) is 0 Å². The molecule has 1 atom stereocenters. The summed E-state index contributed by atoms with van der Waals surface area (Å²) in [6.07, 6.45) is 2.55. The van der Waals surface area contributed by atoms with Crippen molar-refractivity contribution in [2.45, 2.75) is 43.7 Å². The summed E-state index contributed by atoms with van der Waals surface area (Å²) in [6, 6.07) is 9.98. The number of halogens is 1. The molecule has 2 aromatic carbocycles. The minimum absolute atomic E-state index is 0.0605. The molecule has 0 saturated carbocycles. The molecule has 0 bridgehead atoms. The molecule has 0 amide bonds. The van der Waals surface area contributed by atoms with E-state index in [1.54, 1.807) is 12.1 Å². The molecule has 0 unspecified atom stereocenters. The van der Waals surface area contributed by atoms with Gasteiger partial charge in [0.2, 0.25) is 10.0 Å². The Hall–Kier alpha value is -2.45. The number of carbonyl (C=O) groups excluding carboxylic acids is 1. The molecule has 1 aliphatic heterocycles. The normalized spacial score (nSPS) is 17.7. The van der Waals surface area contributed by atoms with E-state index in [0.717, 1.165) is 19.3 Å². The fourth-order valence-electron chi connectivity index (χ4n) is 3.40. The van der Waals surface area contributed by atoms with E-state index in [1.807, 2.05) is 6.92 Å². The fourth-order valence-corrected chi connectivity index (χ4v) is 5.29. The zero-order valence-corrected chi connectivity index (χ0v) is 17.2. The third-order valence-electron chi connectivity index (χ3n) is 5.04. The van der Waals surface area contributed by atoms with E-state index in [2.05, 4.69) is 0 Å². The third kappa shape index (κ3) is 4.59. The first kappa shape index (κ1) is 21.3. The number of piperidine rings is 1. The molecule has 1 fully saturated rings. The minimum Gasteiger partial charge on any atom is -0.495 e. The molecule has 0 spiro atoms. The Balaban J connectivity index is 1.86. The summed E-state index contributed by atoms with van der Waals surface area (Å²) in [5, 5.41) is 0. The maximum atomic E-state index is 13.7. The molecular formula is C21H24FNO5S. The van der Waals surface area contributed by atoms with Crippen molar-refractivity contribution in [2.75, 3.05) is 13.7 Å². The maximum absolute atomic E-state index is 13.7. The van der Waals surface area contributed by atoms with E-state index in [4.69, 9.17) is 9.47 Å². The van der Waals surface area contributed by atoms with Crippen LogP contribution >= 0.6 is 0 Å². The van der Waals surface area contributed by atoms with Crippen LogP contribution in [-0.4, -0.2) is 38.4 Å². The van der Waals surface area contributed by atoms with Gasteiger partial charge in [-0.05, 0) is 44.0 Å². The van der Waals surface area contributed by atoms with Crippen LogP contribution in [0.4, 0.5) is 4.39 Å². The maximum Gasteiger partial charge on any atom is 0.338 e. The largest absolute Gasteiger partial charge is 0.495 e. The lowest BCUT2D eigenvalue weighted by Gasteiger charge is -2.32. The Morgan fingerprint density at radius 1 is 1.21 bits per heavy atom. The highest BCUT2D eigenvalue weighted by Gasteiger charge is 2.33. The average Bonchev–Trinajstić information content (AvgIpc) is 2.72. The van der Waals surface area contributed by atoms with Gasteiger partial charge in [0.15, 0.2) is 0 Å². The van der Waals surface area contributed by atoms with Crippen molar-refractivity contribution in [1.29, 1.82) is 0 Å². The smallest absolute Gasteiger partial charge is 0.338 e. The van der Waals surface area contributed by atoms with Crippen molar-refractivity contribution in [2.24, 2.45) is 0 Å². The van der Waals surface area contributed by atoms with Gasteiger partial charge in [-0.2, -0.15) is 4.31 Å². The Kier molecular flexibility index (Phi) is 6.54. The molecule has 1 saturated heterocycles. The second-order valence-electron chi connectivity index (χ2n) is 6.99. The van der Waals surface area contributed by atoms with Crippen LogP contribution in [0.1, 0.15) is 42.1 Å². The zero-order valence-electron chi connectivity index (χ0n) is 16.4. The second kappa shape index (κ2) is 8.92. The molecule has 0 aromatic heterocycles. The van der Waals surface area contributed by atoms with Gasteiger partial charge in [0.05, 0.1) is 12.7 Å². The first-order chi connectivity index (χ1) is 13.8. The Bertz CT molecular complexity index is 992. The van der Waals surface area contributed by atoms with Crippen molar-refractivity contribution < 1.29 is 27.1 Å². The number of esters is 1. The van der Waals surface area contributed by atoms with Gasteiger partial charge in [0.1, 0.15) is 23.1 Å². The third-order valence-corrected chi connectivity index (χ3v) is 7.08. The van der Waals surface area contributed by atoms with Crippen LogP contribution in [0.3, 0.4) is 0 Å². The monoisotopic (exact) mass is 421 g/mol. The van der Waals surface area contributed by atoms with E-state index in [1.165, 1.54) is 41.7 Å². The number of nitrogens with zero attached hydrogens (tertiary/aromatic N) is 1. The molecule has 8 heteroatoms. The van der Waals surface area contributed by atoms with E-state index >= 15 is 0 Å². The Morgan fingerprint density at radius 2 is 1.97 bits per heavy atom. The van der Waals surface area contributed by atoms with Crippen LogP contribution in [0, 0.1) is 5.82 Å². The predicted octanol–water partition coefficient (Wildman–Crippen LogP) is 3.75. The molecular weight excluding hydrogens is 397 g/mol. The van der Waals surface area contributed by atoms with Crippen LogP contribution in [0.15, 0.2) is 47.4 Å². The van der Waals surface area contributed by atoms with Gasteiger partial charge >= 0.3 is 5.97 Å². The molecule has 0 aliphatic carbocycles. The molecule has 6 nitrogen and oxygen atoms in total. The number of carbonyl (C=O) groups is 1. The molecule has 29 heavy (non-hydrogen) atoms. The van der Waals surface area contributed by atoms with E-state index in [-0.39, 0.29) is 34.4 Å². The van der Waals surface area contributed by atoms with Crippen molar-refractivity contribution in [1.82, 2.24) is 4.31 Å². The van der Waals surface area contributed by atoms with Crippen LogP contribution in [0.5, 0.6) is 5.75 Å². The van der Waals surface area contributed by atoms with Crippen molar-refractivity contribution in [3.05, 3.63) is 59.4 Å². The first-order valence-corrected chi connectivity index (χ1v) is 10.9. The lowest BCUT2D eigenvalue weighted by molar-refractivity contribution is 0.0468. The van der Waals surface area contributed by atoms with Gasteiger partial charge in [0.25, 0.3) is 0 Å². The highest BCUT2D eigenvalue weighted by Crippen LogP contribution is 2.32. The highest BCUT2D eigenvalue weighted by molar-refractivity contribution is 7.89. The van der Waals surface area contributed by atoms with Gasteiger partial charge in [-0.1, -0.05) is 24.6 Å². The topological polar surface area (TPSA) is 72.9 Å². The van der Waals surface area contributed by atoms with Gasteiger partial charge in [-0.15, -0.1) is 0 Å². The Morgan fingerprint density at radius 3 is 2.66 bits per heavy atom. The fraction of sp³-hybridized carbons (Fsp3) is 0.381. The van der Waals surface area contributed by atoms with Gasteiger partial charge < -0.3 is 9.47 Å². The van der Waals surface area contributed by atoms with Crippen LogP contribution in [0.2, 0.25) is 0 Å². The molecule has 1 heterocycles. The number of hydrogen-bond donors (Lipinski definition) is 0. The number of benzene rings is 2. The van der Waals surface area contributed by atoms with Gasteiger partial charge in [-0.25, -0.2) is 17.6 Å². The predicted molar refractivity (Wildman–Crippen MR) is 106 cm³/mol. The first-order valence-electron chi connectivity index (χ1n) is 9.45. The average molecular weight is 421 g/mol. The molecule has 0 N–H and O–H groups in total. The van der Waals surface area contributed by atoms with Crippen molar-refractivity contribution >= 4 is 16.0 Å². The van der Waals surface area contributed by atoms with E-state index in [9.17, 15) is 17.6 Å². The van der Waals surface area contributed by atoms with Crippen LogP contribution < -0.4 is 4.74 Å². The van der Waals surface area contributed by atoms with Gasteiger partial charge in [0, 0.05) is 18.2 Å². The van der Waals surface area contributed by atoms with Crippen LogP contribution in [0.25, 0.3) is 0 Å². The summed E-state index contributed by atoms with van der Waals surface area (Å²) in [7, 11) is -2.46. The van der Waals surface area contributed by atoms with Crippen molar-refractivity contribution in [3.8, 4) is 5.75 Å². The SMILES string of the molecule is COc1ccc(C(=O)OCc2ccccc2F)cc1S(=O)(=O)N1CCCC[C@@H]1C. The number of rotatable bonds is 6. The number of sulfonamides is 1. The number of hydrogen-bond acceptors (Lipinski definition) is 5. The number of ether oxygens (including phenoxy) is 2. The van der Waals surface area contributed by atoms with Crippen molar-refractivity contribution in [3.63, 3.8) is 0 Å². The molecule has 2 aromatic rings. The second-order valence-corrected chi connectivity index (χ2v) is 8.85. The lowest BCUT2D eigenvalue weighted by atomic mass is 10.1. The van der Waals surface area contributed by atoms with E-state index < -0.39 is 21.8 Å². The molecule has 1 aliphatic rings. The van der Waals surface area contributed by atoms with Crippen LogP contribution in [-0.2, 0) is 21.4 Å². The summed E-state index contributed by atoms with van der Waals surface area (Å²) >= 11 is 0. The molecule has 0 radical (unpaired) electrons. The number of methoxy groups -OCH3 is 1. The summed E-state index contributed by atoms with van der Waals surface area (Å²) in [5.41, 5.74) is 0.301. The van der Waals surface area contributed by atoms with E-state index in [0.29, 0.717) is 6.54 Å². The minimum atomic E-state index is -3.84. The molecule has 156 valence electrons. The summed E-state index contributed by atoms with van der Waals surface area (Å²) in [6.45, 7) is 2.05. The zero-order chi connectivity index (χ0) is 21.0. The Labute approximate surface area is 170 Å². The summed E-state index contributed by atoms with van der Waals surface area (Å²) in [5.74, 6) is -1.05. The molecule has 3 rings (SSSR count).